The van der Waals surface area contributed by atoms with Crippen LogP contribution in [0.2, 0.25) is 5.02 Å². The van der Waals surface area contributed by atoms with Crippen LogP contribution in [0.15, 0.2) is 32.5 Å². The summed E-state index contributed by atoms with van der Waals surface area (Å²) in [5.74, 6) is 0. The van der Waals surface area contributed by atoms with Crippen molar-refractivity contribution in [2.45, 2.75) is 23.2 Å². The van der Waals surface area contributed by atoms with Gasteiger partial charge in [0.05, 0.1) is 27.7 Å². The first kappa shape index (κ1) is 17.1. The Morgan fingerprint density at radius 3 is 2.74 bits per heavy atom. The summed E-state index contributed by atoms with van der Waals surface area (Å²) in [6.07, 6.45) is 4.11. The highest BCUT2D eigenvalue weighted by Crippen LogP contribution is 2.30. The standard InChI is InChI=1S/C13H13BrClN3O3S2/c14-11-3-4-12(22-11)23(19,20)18-5-1-2-10(8-18)21-13-16-6-9(15)7-17-13/h3-4,6-7,10H,1-2,5,8H2. The molecule has 23 heavy (non-hydrogen) atoms. The molecule has 10 heteroatoms. The maximum absolute atomic E-state index is 12.7. The van der Waals surface area contributed by atoms with E-state index in [0.29, 0.717) is 15.8 Å². The Balaban J connectivity index is 1.71. The molecule has 0 N–H and O–H groups in total. The van der Waals surface area contributed by atoms with Crippen molar-refractivity contribution < 1.29 is 13.2 Å². The first-order valence-electron chi connectivity index (χ1n) is 6.85. The minimum absolute atomic E-state index is 0.206. The predicted octanol–water partition coefficient (Wildman–Crippen LogP) is 3.19. The molecule has 0 amide bonds. The third kappa shape index (κ3) is 4.03. The SMILES string of the molecule is O=S(=O)(c1ccc(Br)s1)N1CCCC(Oc2ncc(Cl)cn2)C1. The van der Waals surface area contributed by atoms with Crippen molar-refractivity contribution in [3.63, 3.8) is 0 Å². The quantitative estimate of drug-likeness (QED) is 0.733. The topological polar surface area (TPSA) is 72.4 Å². The number of thiophene rings is 1. The Bertz CT molecular complexity index is 782. The summed E-state index contributed by atoms with van der Waals surface area (Å²) in [5, 5.41) is 0.425. The molecule has 0 spiro atoms. The van der Waals surface area contributed by atoms with E-state index in [0.717, 1.165) is 16.6 Å². The Morgan fingerprint density at radius 1 is 1.35 bits per heavy atom. The molecule has 1 unspecified atom stereocenters. The molecule has 3 rings (SSSR count). The Morgan fingerprint density at radius 2 is 2.09 bits per heavy atom. The highest BCUT2D eigenvalue weighted by Gasteiger charge is 2.32. The van der Waals surface area contributed by atoms with Gasteiger partial charge in [0.15, 0.2) is 0 Å². The minimum atomic E-state index is -3.49. The van der Waals surface area contributed by atoms with Crippen LogP contribution >= 0.6 is 38.9 Å². The first-order valence-corrected chi connectivity index (χ1v) is 10.3. The molecule has 1 aliphatic heterocycles. The number of hydrogen-bond donors (Lipinski definition) is 0. The molecule has 0 aliphatic carbocycles. The van der Waals surface area contributed by atoms with Gasteiger partial charge in [-0.1, -0.05) is 11.6 Å². The van der Waals surface area contributed by atoms with Crippen molar-refractivity contribution in [2.24, 2.45) is 0 Å². The summed E-state index contributed by atoms with van der Waals surface area (Å²) in [6.45, 7) is 0.767. The van der Waals surface area contributed by atoms with Gasteiger partial charge in [0, 0.05) is 6.54 Å². The highest BCUT2D eigenvalue weighted by molar-refractivity contribution is 9.11. The lowest BCUT2D eigenvalue weighted by Crippen LogP contribution is -2.44. The fourth-order valence-electron chi connectivity index (χ4n) is 2.29. The summed E-state index contributed by atoms with van der Waals surface area (Å²) in [7, 11) is -3.49. The van der Waals surface area contributed by atoms with Crippen molar-refractivity contribution in [3.05, 3.63) is 33.3 Å². The van der Waals surface area contributed by atoms with Crippen LogP contribution < -0.4 is 4.74 Å². The average Bonchev–Trinajstić information content (AvgIpc) is 2.97. The number of nitrogens with zero attached hydrogens (tertiary/aromatic N) is 3. The lowest BCUT2D eigenvalue weighted by molar-refractivity contribution is 0.119. The zero-order chi connectivity index (χ0) is 16.4. The van der Waals surface area contributed by atoms with E-state index in [1.807, 2.05) is 0 Å². The molecular formula is C13H13BrClN3O3S2. The molecular weight excluding hydrogens is 426 g/mol. The summed E-state index contributed by atoms with van der Waals surface area (Å²) in [5.41, 5.74) is 0. The number of sulfonamides is 1. The molecule has 3 heterocycles. The minimum Gasteiger partial charge on any atom is -0.459 e. The first-order chi connectivity index (χ1) is 10.9. The van der Waals surface area contributed by atoms with Crippen molar-refractivity contribution in [1.82, 2.24) is 14.3 Å². The van der Waals surface area contributed by atoms with Gasteiger partial charge < -0.3 is 4.74 Å². The van der Waals surface area contributed by atoms with E-state index in [2.05, 4.69) is 25.9 Å². The normalized spacial score (nSPS) is 19.7. The van der Waals surface area contributed by atoms with Crippen molar-refractivity contribution >= 4 is 48.9 Å². The Labute approximate surface area is 151 Å². The second-order valence-electron chi connectivity index (χ2n) is 4.99. The van der Waals surface area contributed by atoms with E-state index in [9.17, 15) is 8.42 Å². The third-order valence-electron chi connectivity index (χ3n) is 3.35. The van der Waals surface area contributed by atoms with Gasteiger partial charge in [0.25, 0.3) is 10.0 Å². The molecule has 0 bridgehead atoms. The molecule has 2 aromatic rings. The second kappa shape index (κ2) is 7.02. The van der Waals surface area contributed by atoms with E-state index in [-0.39, 0.29) is 18.7 Å². The Kier molecular flexibility index (Phi) is 5.22. The van der Waals surface area contributed by atoms with Gasteiger partial charge in [0.1, 0.15) is 10.3 Å². The average molecular weight is 439 g/mol. The molecule has 0 aromatic carbocycles. The van der Waals surface area contributed by atoms with Crippen molar-refractivity contribution in [2.75, 3.05) is 13.1 Å². The molecule has 0 radical (unpaired) electrons. The third-order valence-corrected chi connectivity index (χ3v) is 7.50. The summed E-state index contributed by atoms with van der Waals surface area (Å²) in [6, 6.07) is 3.55. The van der Waals surface area contributed by atoms with Gasteiger partial charge in [-0.25, -0.2) is 18.4 Å². The van der Waals surface area contributed by atoms with E-state index in [4.69, 9.17) is 16.3 Å². The molecule has 2 aromatic heterocycles. The second-order valence-corrected chi connectivity index (χ2v) is 10.1. The molecule has 6 nitrogen and oxygen atoms in total. The predicted molar refractivity (Wildman–Crippen MR) is 91.5 cm³/mol. The molecule has 1 fully saturated rings. The van der Waals surface area contributed by atoms with Crippen molar-refractivity contribution in [1.29, 1.82) is 0 Å². The fraction of sp³-hybridized carbons (Fsp3) is 0.385. The van der Waals surface area contributed by atoms with Gasteiger partial charge in [-0.2, -0.15) is 4.31 Å². The molecule has 1 atom stereocenters. The van der Waals surface area contributed by atoms with E-state index in [1.54, 1.807) is 12.1 Å². The van der Waals surface area contributed by atoms with Crippen LogP contribution in [-0.2, 0) is 10.0 Å². The van der Waals surface area contributed by atoms with Gasteiger partial charge >= 0.3 is 6.01 Å². The van der Waals surface area contributed by atoms with Crippen LogP contribution in [0.25, 0.3) is 0 Å². The van der Waals surface area contributed by atoms with Crippen LogP contribution in [-0.4, -0.2) is 41.9 Å². The van der Waals surface area contributed by atoms with Gasteiger partial charge in [-0.3, -0.25) is 0 Å². The summed E-state index contributed by atoms with van der Waals surface area (Å²) in [4.78, 5) is 7.97. The zero-order valence-electron chi connectivity index (χ0n) is 11.9. The number of aromatic nitrogens is 2. The number of hydrogen-bond acceptors (Lipinski definition) is 6. The number of ether oxygens (including phenoxy) is 1. The smallest absolute Gasteiger partial charge is 0.316 e. The lowest BCUT2D eigenvalue weighted by atomic mass is 10.1. The van der Waals surface area contributed by atoms with E-state index >= 15 is 0 Å². The van der Waals surface area contributed by atoms with Crippen LogP contribution in [0.3, 0.4) is 0 Å². The molecule has 1 saturated heterocycles. The largest absolute Gasteiger partial charge is 0.459 e. The molecule has 124 valence electrons. The fourth-order valence-corrected chi connectivity index (χ4v) is 6.07. The highest BCUT2D eigenvalue weighted by atomic mass is 79.9. The van der Waals surface area contributed by atoms with Crippen LogP contribution in [0.1, 0.15) is 12.8 Å². The zero-order valence-corrected chi connectivity index (χ0v) is 15.8. The van der Waals surface area contributed by atoms with Crippen molar-refractivity contribution in [3.8, 4) is 6.01 Å². The summed E-state index contributed by atoms with van der Waals surface area (Å²) >= 11 is 10.2. The molecule has 0 saturated carbocycles. The maximum Gasteiger partial charge on any atom is 0.316 e. The lowest BCUT2D eigenvalue weighted by Gasteiger charge is -2.31. The maximum atomic E-state index is 12.7. The number of halogens is 2. The number of rotatable bonds is 4. The monoisotopic (exact) mass is 437 g/mol. The van der Waals surface area contributed by atoms with Gasteiger partial charge in [-0.05, 0) is 40.9 Å². The van der Waals surface area contributed by atoms with E-state index < -0.39 is 10.0 Å². The van der Waals surface area contributed by atoms with Gasteiger partial charge in [0.2, 0.25) is 0 Å². The van der Waals surface area contributed by atoms with Gasteiger partial charge in [-0.15, -0.1) is 11.3 Å². The number of piperidine rings is 1. The summed E-state index contributed by atoms with van der Waals surface area (Å²) < 4.78 is 33.6. The van der Waals surface area contributed by atoms with Crippen LogP contribution in [0.4, 0.5) is 0 Å². The van der Waals surface area contributed by atoms with Crippen LogP contribution in [0.5, 0.6) is 6.01 Å². The van der Waals surface area contributed by atoms with E-state index in [1.165, 1.54) is 28.0 Å². The molecule has 1 aliphatic rings. The Hall–Kier alpha value is -0.740. The van der Waals surface area contributed by atoms with Crippen LogP contribution in [0, 0.1) is 0 Å².